The lowest BCUT2D eigenvalue weighted by Gasteiger charge is -2.27. The molecule has 4 heteroatoms. The Kier molecular flexibility index (Phi) is 6.55. The lowest BCUT2D eigenvalue weighted by atomic mass is 9.90. The maximum absolute atomic E-state index is 5.61. The average molecular weight is 293 g/mol. The van der Waals surface area contributed by atoms with Crippen molar-refractivity contribution in [1.82, 2.24) is 15.1 Å². The molecule has 0 radical (unpaired) electrons. The third-order valence-corrected chi connectivity index (χ3v) is 4.52. The molecule has 0 bridgehead atoms. The predicted octanol–water partition coefficient (Wildman–Crippen LogP) is 3.72. The van der Waals surface area contributed by atoms with Crippen molar-refractivity contribution in [3.05, 3.63) is 11.9 Å². The summed E-state index contributed by atoms with van der Waals surface area (Å²) in [6, 6.07) is 0.564. The molecule has 4 nitrogen and oxygen atoms in total. The van der Waals surface area contributed by atoms with Crippen LogP contribution >= 0.6 is 0 Å². The molecule has 2 atom stereocenters. The smallest absolute Gasteiger partial charge is 0.160 e. The summed E-state index contributed by atoms with van der Waals surface area (Å²) in [6.07, 6.45) is 10.7. The molecule has 120 valence electrons. The molecule has 0 saturated heterocycles. The standard InChI is InChI=1S/C17H31N3O/c1-4-11-18-15-10-8-6-7-9-14(15)17-16(21-3)13-19-20(17)12-5-2/h13-15,18H,4-12H2,1-3H3. The van der Waals surface area contributed by atoms with Gasteiger partial charge in [0.2, 0.25) is 0 Å². The largest absolute Gasteiger partial charge is 0.493 e. The molecular formula is C17H31N3O. The lowest BCUT2D eigenvalue weighted by molar-refractivity contribution is 0.360. The minimum atomic E-state index is 0.531. The normalized spacial score (nSPS) is 23.0. The summed E-state index contributed by atoms with van der Waals surface area (Å²) in [5, 5.41) is 8.33. The molecule has 1 fully saturated rings. The molecule has 0 aromatic carbocycles. The summed E-state index contributed by atoms with van der Waals surface area (Å²) >= 11 is 0. The number of nitrogens with zero attached hydrogens (tertiary/aromatic N) is 2. The van der Waals surface area contributed by atoms with Crippen molar-refractivity contribution >= 4 is 0 Å². The molecule has 2 unspecified atom stereocenters. The van der Waals surface area contributed by atoms with E-state index < -0.39 is 0 Å². The van der Waals surface area contributed by atoms with Gasteiger partial charge < -0.3 is 10.1 Å². The van der Waals surface area contributed by atoms with Gasteiger partial charge in [0.1, 0.15) is 0 Å². The maximum atomic E-state index is 5.61. The van der Waals surface area contributed by atoms with Crippen LogP contribution in [0.15, 0.2) is 6.20 Å². The van der Waals surface area contributed by atoms with Crippen molar-refractivity contribution < 1.29 is 4.74 Å². The monoisotopic (exact) mass is 293 g/mol. The van der Waals surface area contributed by atoms with Crippen molar-refractivity contribution in [2.75, 3.05) is 13.7 Å². The number of aryl methyl sites for hydroxylation is 1. The summed E-state index contributed by atoms with van der Waals surface area (Å²) in [5.74, 6) is 1.50. The molecule has 1 aliphatic rings. The van der Waals surface area contributed by atoms with Gasteiger partial charge in [-0.15, -0.1) is 0 Å². The minimum absolute atomic E-state index is 0.531. The summed E-state index contributed by atoms with van der Waals surface area (Å²) < 4.78 is 7.78. The van der Waals surface area contributed by atoms with E-state index in [1.54, 1.807) is 7.11 Å². The van der Waals surface area contributed by atoms with E-state index in [2.05, 4.69) is 28.9 Å². The Labute approximate surface area is 129 Å². The van der Waals surface area contributed by atoms with Crippen LogP contribution in [0, 0.1) is 0 Å². The van der Waals surface area contributed by atoms with E-state index in [4.69, 9.17) is 4.74 Å². The van der Waals surface area contributed by atoms with Gasteiger partial charge in [0.15, 0.2) is 5.75 Å². The molecule has 0 spiro atoms. The Bertz CT molecular complexity index is 416. The first kappa shape index (κ1) is 16.3. The molecule has 0 amide bonds. The number of hydrogen-bond donors (Lipinski definition) is 1. The van der Waals surface area contributed by atoms with E-state index in [9.17, 15) is 0 Å². The van der Waals surface area contributed by atoms with E-state index in [0.29, 0.717) is 12.0 Å². The van der Waals surface area contributed by atoms with Gasteiger partial charge >= 0.3 is 0 Å². The summed E-state index contributed by atoms with van der Waals surface area (Å²) in [6.45, 7) is 6.53. The fourth-order valence-corrected chi connectivity index (χ4v) is 3.51. The average Bonchev–Trinajstić information content (AvgIpc) is 2.75. The SMILES string of the molecule is CCCNC1CCCCCC1c1c(OC)cnn1CCC. The van der Waals surface area contributed by atoms with Crippen molar-refractivity contribution in [1.29, 1.82) is 0 Å². The van der Waals surface area contributed by atoms with E-state index in [1.165, 1.54) is 44.2 Å². The van der Waals surface area contributed by atoms with Gasteiger partial charge in [-0.2, -0.15) is 5.10 Å². The second-order valence-corrected chi connectivity index (χ2v) is 6.13. The number of nitrogens with one attached hydrogen (secondary N) is 1. The zero-order valence-corrected chi connectivity index (χ0v) is 13.9. The van der Waals surface area contributed by atoms with Crippen LogP contribution in [0.25, 0.3) is 0 Å². The number of hydrogen-bond acceptors (Lipinski definition) is 3. The lowest BCUT2D eigenvalue weighted by Crippen LogP contribution is -2.36. The van der Waals surface area contributed by atoms with Crippen LogP contribution in [0.2, 0.25) is 0 Å². The van der Waals surface area contributed by atoms with Gasteiger partial charge in [0.05, 0.1) is 19.0 Å². The molecule has 21 heavy (non-hydrogen) atoms. The molecule has 1 heterocycles. The summed E-state index contributed by atoms with van der Waals surface area (Å²) in [4.78, 5) is 0. The Morgan fingerprint density at radius 1 is 1.24 bits per heavy atom. The van der Waals surface area contributed by atoms with Crippen LogP contribution in [0.5, 0.6) is 5.75 Å². The molecular weight excluding hydrogens is 262 g/mol. The number of rotatable bonds is 7. The van der Waals surface area contributed by atoms with Crippen LogP contribution in [-0.4, -0.2) is 29.5 Å². The third-order valence-electron chi connectivity index (χ3n) is 4.52. The third kappa shape index (κ3) is 4.00. The first-order chi connectivity index (χ1) is 10.3. The number of ether oxygens (including phenoxy) is 1. The topological polar surface area (TPSA) is 39.1 Å². The highest BCUT2D eigenvalue weighted by Gasteiger charge is 2.30. The van der Waals surface area contributed by atoms with Crippen molar-refractivity contribution in [3.8, 4) is 5.75 Å². The molecule has 1 aliphatic carbocycles. The fraction of sp³-hybridized carbons (Fsp3) is 0.824. The van der Waals surface area contributed by atoms with Gasteiger partial charge in [-0.1, -0.05) is 33.1 Å². The molecule has 1 aromatic heterocycles. The summed E-state index contributed by atoms with van der Waals surface area (Å²) in [7, 11) is 1.77. The highest BCUT2D eigenvalue weighted by Crippen LogP contribution is 2.37. The van der Waals surface area contributed by atoms with Gasteiger partial charge in [0, 0.05) is 18.5 Å². The zero-order valence-electron chi connectivity index (χ0n) is 13.9. The second-order valence-electron chi connectivity index (χ2n) is 6.13. The van der Waals surface area contributed by atoms with Crippen molar-refractivity contribution in [2.24, 2.45) is 0 Å². The van der Waals surface area contributed by atoms with Crippen molar-refractivity contribution in [2.45, 2.75) is 77.3 Å². The first-order valence-electron chi connectivity index (χ1n) is 8.64. The second kappa shape index (κ2) is 8.42. The van der Waals surface area contributed by atoms with E-state index in [0.717, 1.165) is 25.3 Å². The van der Waals surface area contributed by atoms with E-state index in [1.807, 2.05) is 6.20 Å². The summed E-state index contributed by atoms with van der Waals surface area (Å²) in [5.41, 5.74) is 1.31. The van der Waals surface area contributed by atoms with Crippen LogP contribution in [0.3, 0.4) is 0 Å². The van der Waals surface area contributed by atoms with Crippen LogP contribution in [0.1, 0.15) is 70.4 Å². The highest BCUT2D eigenvalue weighted by atomic mass is 16.5. The zero-order chi connectivity index (χ0) is 15.1. The number of methoxy groups -OCH3 is 1. The van der Waals surface area contributed by atoms with Gasteiger partial charge in [-0.05, 0) is 32.2 Å². The Morgan fingerprint density at radius 2 is 2.05 bits per heavy atom. The molecule has 2 rings (SSSR count). The van der Waals surface area contributed by atoms with Gasteiger partial charge in [-0.25, -0.2) is 0 Å². The van der Waals surface area contributed by atoms with Crippen LogP contribution in [-0.2, 0) is 6.54 Å². The quantitative estimate of drug-likeness (QED) is 0.779. The fourth-order valence-electron chi connectivity index (χ4n) is 3.51. The van der Waals surface area contributed by atoms with Crippen molar-refractivity contribution in [3.63, 3.8) is 0 Å². The first-order valence-corrected chi connectivity index (χ1v) is 8.64. The van der Waals surface area contributed by atoms with E-state index >= 15 is 0 Å². The van der Waals surface area contributed by atoms with Crippen LogP contribution < -0.4 is 10.1 Å². The van der Waals surface area contributed by atoms with Gasteiger partial charge in [-0.3, -0.25) is 4.68 Å². The Morgan fingerprint density at radius 3 is 2.76 bits per heavy atom. The molecule has 1 N–H and O–H groups in total. The maximum Gasteiger partial charge on any atom is 0.160 e. The molecule has 1 aromatic rings. The minimum Gasteiger partial charge on any atom is -0.493 e. The van der Waals surface area contributed by atoms with Crippen LogP contribution in [0.4, 0.5) is 0 Å². The predicted molar refractivity (Wildman–Crippen MR) is 87.0 cm³/mol. The highest BCUT2D eigenvalue weighted by molar-refractivity contribution is 5.30. The Balaban J connectivity index is 2.27. The van der Waals surface area contributed by atoms with E-state index in [-0.39, 0.29) is 0 Å². The molecule has 0 aliphatic heterocycles. The Hall–Kier alpha value is -1.03. The number of aromatic nitrogens is 2. The molecule has 1 saturated carbocycles. The van der Waals surface area contributed by atoms with Gasteiger partial charge in [0.25, 0.3) is 0 Å².